The maximum Gasteiger partial charge on any atom is 0.115 e. The molecular formula is C17H18N4S. The van der Waals surface area contributed by atoms with E-state index in [1.165, 1.54) is 4.70 Å². The van der Waals surface area contributed by atoms with E-state index in [9.17, 15) is 0 Å². The molecule has 22 heavy (non-hydrogen) atoms. The number of thiazole rings is 1. The lowest BCUT2D eigenvalue weighted by molar-refractivity contribution is 1.04. The van der Waals surface area contributed by atoms with Gasteiger partial charge in [0.05, 0.1) is 40.1 Å². The molecule has 0 radical (unpaired) electrons. The van der Waals surface area contributed by atoms with Crippen LogP contribution in [0.5, 0.6) is 0 Å². The Bertz CT molecular complexity index is 770. The lowest BCUT2D eigenvalue weighted by atomic mass is 10.2. The molecule has 2 aromatic heterocycles. The Labute approximate surface area is 134 Å². The minimum absolute atomic E-state index is 0.599. The smallest absolute Gasteiger partial charge is 0.115 e. The van der Waals surface area contributed by atoms with Gasteiger partial charge >= 0.3 is 0 Å². The fourth-order valence-corrected chi connectivity index (χ4v) is 3.01. The number of aliphatic imine (C=N–C) groups is 1. The molecule has 0 N–H and O–H groups in total. The minimum Gasteiger partial charge on any atom is -0.376 e. The normalized spacial score (nSPS) is 11.9. The number of nitrogens with zero attached hydrogens (tertiary/aromatic N) is 4. The summed E-state index contributed by atoms with van der Waals surface area (Å²) >= 11 is 1.70. The molecule has 0 aliphatic rings. The maximum atomic E-state index is 4.62. The van der Waals surface area contributed by atoms with Crippen molar-refractivity contribution in [3.8, 4) is 0 Å². The van der Waals surface area contributed by atoms with Crippen LogP contribution in [0.1, 0.15) is 17.6 Å². The van der Waals surface area contributed by atoms with E-state index < -0.39 is 0 Å². The third kappa shape index (κ3) is 3.14. The van der Waals surface area contributed by atoms with E-state index in [2.05, 4.69) is 27.1 Å². The van der Waals surface area contributed by atoms with Crippen LogP contribution in [0.15, 0.2) is 47.6 Å². The van der Waals surface area contributed by atoms with E-state index in [1.807, 2.05) is 56.4 Å². The number of benzene rings is 1. The molecule has 0 unspecified atom stereocenters. The molecule has 0 aliphatic heterocycles. The van der Waals surface area contributed by atoms with E-state index in [0.29, 0.717) is 6.54 Å². The van der Waals surface area contributed by atoms with Gasteiger partial charge in [-0.3, -0.25) is 9.98 Å². The lowest BCUT2D eigenvalue weighted by Gasteiger charge is -2.11. The van der Waals surface area contributed by atoms with Crippen molar-refractivity contribution >= 4 is 33.0 Å². The lowest BCUT2D eigenvalue weighted by Crippen LogP contribution is -2.09. The molecule has 3 aromatic rings. The third-order valence-electron chi connectivity index (χ3n) is 3.42. The highest BCUT2D eigenvalue weighted by atomic mass is 32.1. The first-order valence-corrected chi connectivity index (χ1v) is 7.94. The Kier molecular flexibility index (Phi) is 4.15. The van der Waals surface area contributed by atoms with Gasteiger partial charge in [0.15, 0.2) is 0 Å². The molecular weight excluding hydrogens is 292 g/mol. The van der Waals surface area contributed by atoms with Crippen LogP contribution in [0.4, 0.5) is 5.69 Å². The first kappa shape index (κ1) is 14.7. The van der Waals surface area contributed by atoms with Crippen molar-refractivity contribution in [2.45, 2.75) is 13.5 Å². The van der Waals surface area contributed by atoms with Crippen LogP contribution in [0, 0.1) is 0 Å². The van der Waals surface area contributed by atoms with E-state index in [1.54, 1.807) is 11.3 Å². The second-order valence-electron chi connectivity index (χ2n) is 5.27. The molecule has 0 saturated carbocycles. The molecule has 0 saturated heterocycles. The first-order valence-electron chi connectivity index (χ1n) is 7.13. The zero-order chi connectivity index (χ0) is 15.5. The quantitative estimate of drug-likeness (QED) is 0.689. The van der Waals surface area contributed by atoms with Gasteiger partial charge < -0.3 is 4.90 Å². The summed E-state index contributed by atoms with van der Waals surface area (Å²) < 4.78 is 1.21. The van der Waals surface area contributed by atoms with Gasteiger partial charge in [0, 0.05) is 14.1 Å². The zero-order valence-corrected chi connectivity index (χ0v) is 13.8. The molecule has 0 atom stereocenters. The molecule has 5 heteroatoms. The Hall–Kier alpha value is -2.27. The van der Waals surface area contributed by atoms with Crippen LogP contribution >= 0.6 is 11.3 Å². The molecule has 0 amide bonds. The minimum atomic E-state index is 0.599. The first-order chi connectivity index (χ1) is 10.6. The topological polar surface area (TPSA) is 41.4 Å². The number of aromatic nitrogens is 2. The summed E-state index contributed by atoms with van der Waals surface area (Å²) in [5.41, 5.74) is 3.97. The average Bonchev–Trinajstić information content (AvgIpc) is 2.95. The molecule has 0 bridgehead atoms. The van der Waals surface area contributed by atoms with Crippen LogP contribution in [0.2, 0.25) is 0 Å². The number of pyridine rings is 1. The fourth-order valence-electron chi connectivity index (χ4n) is 2.12. The molecule has 1 aromatic carbocycles. The van der Waals surface area contributed by atoms with Gasteiger partial charge in [-0.2, -0.15) is 0 Å². The SMILES string of the molecule is CC(=NCc1nc2ccccc2s1)c1ccc(N(C)C)cn1. The van der Waals surface area contributed by atoms with Crippen molar-refractivity contribution in [1.29, 1.82) is 0 Å². The van der Waals surface area contributed by atoms with Gasteiger partial charge in [-0.25, -0.2) is 4.98 Å². The van der Waals surface area contributed by atoms with Crippen LogP contribution in [-0.4, -0.2) is 29.8 Å². The van der Waals surface area contributed by atoms with Crippen LogP contribution in [0.25, 0.3) is 10.2 Å². The highest BCUT2D eigenvalue weighted by Crippen LogP contribution is 2.22. The van der Waals surface area contributed by atoms with Crippen molar-refractivity contribution in [2.75, 3.05) is 19.0 Å². The van der Waals surface area contributed by atoms with E-state index in [0.717, 1.165) is 27.6 Å². The Balaban J connectivity index is 1.76. The summed E-state index contributed by atoms with van der Waals surface area (Å²) in [5, 5.41) is 1.03. The van der Waals surface area contributed by atoms with Gasteiger partial charge in [-0.15, -0.1) is 11.3 Å². The molecule has 3 rings (SSSR count). The standard InChI is InChI=1S/C17H18N4S/c1-12(14-9-8-13(10-19-14)21(2)3)18-11-17-20-15-6-4-5-7-16(15)22-17/h4-10H,11H2,1-3H3. The number of anilines is 1. The van der Waals surface area contributed by atoms with Crippen LogP contribution < -0.4 is 4.90 Å². The summed E-state index contributed by atoms with van der Waals surface area (Å²) in [6.07, 6.45) is 1.87. The van der Waals surface area contributed by atoms with Crippen molar-refractivity contribution < 1.29 is 0 Å². The summed E-state index contributed by atoms with van der Waals surface area (Å²) in [6, 6.07) is 12.2. The molecule has 4 nitrogen and oxygen atoms in total. The Morgan fingerprint density at radius 2 is 2.00 bits per heavy atom. The fraction of sp³-hybridized carbons (Fsp3) is 0.235. The van der Waals surface area contributed by atoms with Gasteiger partial charge in [0.2, 0.25) is 0 Å². The number of para-hydroxylation sites is 1. The number of hydrogen-bond donors (Lipinski definition) is 0. The highest BCUT2D eigenvalue weighted by Gasteiger charge is 2.04. The number of fused-ring (bicyclic) bond motifs is 1. The van der Waals surface area contributed by atoms with E-state index in [4.69, 9.17) is 0 Å². The highest BCUT2D eigenvalue weighted by molar-refractivity contribution is 7.18. The van der Waals surface area contributed by atoms with Crippen LogP contribution in [-0.2, 0) is 6.54 Å². The number of rotatable bonds is 4. The summed E-state index contributed by atoms with van der Waals surface area (Å²) in [4.78, 5) is 15.7. The monoisotopic (exact) mass is 310 g/mol. The van der Waals surface area contributed by atoms with Gasteiger partial charge in [-0.1, -0.05) is 12.1 Å². The molecule has 112 valence electrons. The molecule has 0 aliphatic carbocycles. The molecule has 2 heterocycles. The van der Waals surface area contributed by atoms with Crippen LogP contribution in [0.3, 0.4) is 0 Å². The van der Waals surface area contributed by atoms with Gasteiger partial charge in [0.1, 0.15) is 5.01 Å². The zero-order valence-electron chi connectivity index (χ0n) is 12.9. The Morgan fingerprint density at radius 3 is 2.68 bits per heavy atom. The predicted octanol–water partition coefficient (Wildman–Crippen LogP) is 3.77. The van der Waals surface area contributed by atoms with Gasteiger partial charge in [0.25, 0.3) is 0 Å². The van der Waals surface area contributed by atoms with Crippen molar-refractivity contribution in [1.82, 2.24) is 9.97 Å². The van der Waals surface area contributed by atoms with E-state index in [-0.39, 0.29) is 0 Å². The van der Waals surface area contributed by atoms with Crippen molar-refractivity contribution in [2.24, 2.45) is 4.99 Å². The van der Waals surface area contributed by atoms with E-state index >= 15 is 0 Å². The summed E-state index contributed by atoms with van der Waals surface area (Å²) in [7, 11) is 4.01. The van der Waals surface area contributed by atoms with Gasteiger partial charge in [-0.05, 0) is 31.2 Å². The van der Waals surface area contributed by atoms with Crippen molar-refractivity contribution in [3.63, 3.8) is 0 Å². The second-order valence-corrected chi connectivity index (χ2v) is 6.39. The molecule has 0 spiro atoms. The summed E-state index contributed by atoms with van der Waals surface area (Å²) in [6.45, 7) is 2.59. The average molecular weight is 310 g/mol. The molecule has 0 fully saturated rings. The summed E-state index contributed by atoms with van der Waals surface area (Å²) in [5.74, 6) is 0. The maximum absolute atomic E-state index is 4.62. The van der Waals surface area contributed by atoms with Crippen molar-refractivity contribution in [3.05, 3.63) is 53.3 Å². The predicted molar refractivity (Wildman–Crippen MR) is 94.1 cm³/mol. The number of hydrogen-bond acceptors (Lipinski definition) is 5. The second kappa shape index (κ2) is 6.23. The third-order valence-corrected chi connectivity index (χ3v) is 4.45. The Morgan fingerprint density at radius 1 is 1.18 bits per heavy atom. The largest absolute Gasteiger partial charge is 0.376 e.